The molecule has 0 aliphatic heterocycles. The summed E-state index contributed by atoms with van der Waals surface area (Å²) in [5.74, 6) is -0.127. The third kappa shape index (κ3) is 2.18. The minimum absolute atomic E-state index is 0.00924. The molecule has 0 aromatic carbocycles. The molecule has 7 nitrogen and oxygen atoms in total. The highest BCUT2D eigenvalue weighted by Crippen LogP contribution is 2.30. The van der Waals surface area contributed by atoms with E-state index in [0.717, 1.165) is 12.8 Å². The third-order valence-electron chi connectivity index (χ3n) is 3.07. The fraction of sp³-hybridized carbons (Fsp3) is 0.556. The van der Waals surface area contributed by atoms with E-state index in [0.29, 0.717) is 12.8 Å². The van der Waals surface area contributed by atoms with Crippen LogP contribution in [-0.4, -0.2) is 29.8 Å². The van der Waals surface area contributed by atoms with Gasteiger partial charge < -0.3 is 10.7 Å². The maximum Gasteiger partial charge on any atom is 0.258 e. The number of nitrogens with zero attached hydrogens (tertiary/aromatic N) is 1. The van der Waals surface area contributed by atoms with Crippen molar-refractivity contribution in [3.8, 4) is 0 Å². The SMILES string of the molecule is N=C(N)C1(NS(=O)(=O)c2cnc[nH]2)CCCC1. The zero-order valence-electron chi connectivity index (χ0n) is 9.23. The van der Waals surface area contributed by atoms with Crippen LogP contribution in [0, 0.1) is 5.41 Å². The number of sulfonamides is 1. The molecule has 1 saturated carbocycles. The van der Waals surface area contributed by atoms with Crippen molar-refractivity contribution in [2.24, 2.45) is 5.73 Å². The van der Waals surface area contributed by atoms with Crippen molar-refractivity contribution in [3.05, 3.63) is 12.5 Å². The molecular weight excluding hydrogens is 242 g/mol. The average Bonchev–Trinajstić information content (AvgIpc) is 2.86. The molecule has 5 N–H and O–H groups in total. The van der Waals surface area contributed by atoms with E-state index in [1.807, 2.05) is 0 Å². The van der Waals surface area contributed by atoms with Crippen LogP contribution in [0.25, 0.3) is 0 Å². The molecule has 1 aliphatic carbocycles. The third-order valence-corrected chi connectivity index (χ3v) is 4.53. The summed E-state index contributed by atoms with van der Waals surface area (Å²) in [6.07, 6.45) is 5.39. The van der Waals surface area contributed by atoms with Crippen molar-refractivity contribution in [1.29, 1.82) is 5.41 Å². The van der Waals surface area contributed by atoms with Crippen LogP contribution in [0.5, 0.6) is 0 Å². The zero-order chi connectivity index (χ0) is 12.5. The van der Waals surface area contributed by atoms with E-state index in [2.05, 4.69) is 14.7 Å². The summed E-state index contributed by atoms with van der Waals surface area (Å²) in [5.41, 5.74) is 4.60. The van der Waals surface area contributed by atoms with E-state index >= 15 is 0 Å². The van der Waals surface area contributed by atoms with E-state index in [4.69, 9.17) is 11.1 Å². The first-order chi connectivity index (χ1) is 7.96. The Balaban J connectivity index is 2.28. The lowest BCUT2D eigenvalue weighted by Gasteiger charge is -2.27. The molecule has 1 aromatic heterocycles. The number of rotatable bonds is 4. The standard InChI is InChI=1S/C9H15N5O2S/c10-8(11)9(3-1-2-4-9)14-17(15,16)7-5-12-6-13-7/h5-6,14H,1-4H2,(H3,10,11)(H,12,13). The molecule has 0 unspecified atom stereocenters. The van der Waals surface area contributed by atoms with Crippen molar-refractivity contribution in [2.75, 3.05) is 0 Å². The van der Waals surface area contributed by atoms with Gasteiger partial charge in [-0.05, 0) is 12.8 Å². The van der Waals surface area contributed by atoms with E-state index in [9.17, 15) is 8.42 Å². The summed E-state index contributed by atoms with van der Waals surface area (Å²) in [6, 6.07) is 0. The van der Waals surface area contributed by atoms with Gasteiger partial charge in [0, 0.05) is 0 Å². The minimum atomic E-state index is -3.69. The lowest BCUT2D eigenvalue weighted by Crippen LogP contribution is -2.55. The van der Waals surface area contributed by atoms with Crippen LogP contribution in [0.1, 0.15) is 25.7 Å². The highest BCUT2D eigenvalue weighted by Gasteiger charge is 2.41. The van der Waals surface area contributed by atoms with Gasteiger partial charge in [-0.2, -0.15) is 4.72 Å². The number of aromatic nitrogens is 2. The lowest BCUT2D eigenvalue weighted by molar-refractivity contribution is 0.494. The molecule has 17 heavy (non-hydrogen) atoms. The van der Waals surface area contributed by atoms with Crippen LogP contribution in [0.15, 0.2) is 17.6 Å². The summed E-state index contributed by atoms with van der Waals surface area (Å²) in [6.45, 7) is 0. The predicted molar refractivity (Wildman–Crippen MR) is 62.0 cm³/mol. The fourth-order valence-electron chi connectivity index (χ4n) is 2.11. The summed E-state index contributed by atoms with van der Waals surface area (Å²) in [4.78, 5) is 6.21. The molecule has 2 rings (SSSR count). The molecule has 0 spiro atoms. The molecule has 1 heterocycles. The van der Waals surface area contributed by atoms with Crippen LogP contribution in [0.3, 0.4) is 0 Å². The van der Waals surface area contributed by atoms with Gasteiger partial charge in [0.05, 0.1) is 18.1 Å². The van der Waals surface area contributed by atoms with Gasteiger partial charge in [0.25, 0.3) is 10.0 Å². The number of hydrogen-bond donors (Lipinski definition) is 4. The second kappa shape index (κ2) is 4.11. The zero-order valence-corrected chi connectivity index (χ0v) is 10.0. The predicted octanol–water partition coefficient (Wildman–Crippen LogP) is -0.0632. The van der Waals surface area contributed by atoms with Crippen LogP contribution >= 0.6 is 0 Å². The molecule has 1 aliphatic rings. The highest BCUT2D eigenvalue weighted by atomic mass is 32.2. The summed E-state index contributed by atoms with van der Waals surface area (Å²) < 4.78 is 26.6. The van der Waals surface area contributed by atoms with E-state index < -0.39 is 15.6 Å². The van der Waals surface area contributed by atoms with Crippen molar-refractivity contribution >= 4 is 15.9 Å². The maximum atomic E-state index is 12.0. The lowest BCUT2D eigenvalue weighted by atomic mass is 9.98. The molecule has 0 atom stereocenters. The second-order valence-electron chi connectivity index (χ2n) is 4.22. The Morgan fingerprint density at radius 1 is 1.53 bits per heavy atom. The van der Waals surface area contributed by atoms with Crippen LogP contribution < -0.4 is 10.5 Å². The summed E-state index contributed by atoms with van der Waals surface area (Å²) in [5, 5.41) is 7.56. The number of imidazole rings is 1. The average molecular weight is 257 g/mol. The van der Waals surface area contributed by atoms with Crippen molar-refractivity contribution < 1.29 is 8.42 Å². The second-order valence-corrected chi connectivity index (χ2v) is 5.88. The maximum absolute atomic E-state index is 12.0. The molecular formula is C9H15N5O2S. The van der Waals surface area contributed by atoms with E-state index in [1.165, 1.54) is 12.5 Å². The van der Waals surface area contributed by atoms with Gasteiger partial charge in [0.15, 0.2) is 5.03 Å². The largest absolute Gasteiger partial charge is 0.386 e. The Labute approximate surface area is 99.4 Å². The summed E-state index contributed by atoms with van der Waals surface area (Å²) >= 11 is 0. The molecule has 0 radical (unpaired) electrons. The first-order valence-electron chi connectivity index (χ1n) is 5.33. The van der Waals surface area contributed by atoms with Gasteiger partial charge in [-0.1, -0.05) is 12.8 Å². The minimum Gasteiger partial charge on any atom is -0.386 e. The number of H-pyrrole nitrogens is 1. The molecule has 0 saturated heterocycles. The number of nitrogens with one attached hydrogen (secondary N) is 3. The van der Waals surface area contributed by atoms with Gasteiger partial charge in [-0.25, -0.2) is 13.4 Å². The van der Waals surface area contributed by atoms with Gasteiger partial charge in [0.2, 0.25) is 0 Å². The molecule has 0 bridgehead atoms. The topological polar surface area (TPSA) is 125 Å². The first kappa shape index (κ1) is 12.1. The van der Waals surface area contributed by atoms with Gasteiger partial charge in [0.1, 0.15) is 5.84 Å². The molecule has 0 amide bonds. The smallest absolute Gasteiger partial charge is 0.258 e. The summed E-state index contributed by atoms with van der Waals surface area (Å²) in [7, 11) is -3.69. The van der Waals surface area contributed by atoms with Gasteiger partial charge in [-0.15, -0.1) is 0 Å². The van der Waals surface area contributed by atoms with Gasteiger partial charge in [-0.3, -0.25) is 5.41 Å². The molecule has 94 valence electrons. The number of amidine groups is 1. The Kier molecular flexibility index (Phi) is 2.92. The Hall–Kier alpha value is -1.41. The van der Waals surface area contributed by atoms with Crippen molar-refractivity contribution in [2.45, 2.75) is 36.2 Å². The van der Waals surface area contributed by atoms with Crippen molar-refractivity contribution in [1.82, 2.24) is 14.7 Å². The number of hydrogen-bond acceptors (Lipinski definition) is 4. The van der Waals surface area contributed by atoms with E-state index in [1.54, 1.807) is 0 Å². The van der Waals surface area contributed by atoms with Crippen molar-refractivity contribution in [3.63, 3.8) is 0 Å². The molecule has 1 aromatic rings. The quantitative estimate of drug-likeness (QED) is 0.445. The Morgan fingerprint density at radius 2 is 2.18 bits per heavy atom. The first-order valence-corrected chi connectivity index (χ1v) is 6.81. The van der Waals surface area contributed by atoms with E-state index in [-0.39, 0.29) is 10.9 Å². The van der Waals surface area contributed by atoms with Crippen LogP contribution in [-0.2, 0) is 10.0 Å². The molecule has 1 fully saturated rings. The van der Waals surface area contributed by atoms with Gasteiger partial charge >= 0.3 is 0 Å². The normalized spacial score (nSPS) is 19.3. The number of aromatic amines is 1. The fourth-order valence-corrected chi connectivity index (χ4v) is 3.45. The molecule has 8 heteroatoms. The van der Waals surface area contributed by atoms with Crippen LogP contribution in [0.4, 0.5) is 0 Å². The Bertz CT molecular complexity index is 501. The Morgan fingerprint density at radius 3 is 2.65 bits per heavy atom. The highest BCUT2D eigenvalue weighted by molar-refractivity contribution is 7.89. The van der Waals surface area contributed by atoms with Crippen LogP contribution in [0.2, 0.25) is 0 Å². The number of nitrogens with two attached hydrogens (primary N) is 1. The monoisotopic (exact) mass is 257 g/mol.